The van der Waals surface area contributed by atoms with Gasteiger partial charge in [0.2, 0.25) is 5.43 Å². The molecule has 17 nitrogen and oxygen atoms in total. The molecule has 2 aliphatic heterocycles. The maximum absolute atomic E-state index is 13.5. The Hall–Kier alpha value is -5.31. The molecule has 6 rings (SSSR count). The lowest BCUT2D eigenvalue weighted by atomic mass is 10.0. The number of amides is 2. The number of anilines is 1. The Kier molecular flexibility index (Phi) is 10.1. The molecule has 4 aromatic rings. The molecular formula is C30H27N7O10S3. The summed E-state index contributed by atoms with van der Waals surface area (Å²) in [6, 6.07) is 4.98. The number of aliphatic carboxylic acids is 1. The van der Waals surface area contributed by atoms with E-state index in [9.17, 15) is 34.6 Å². The normalized spacial score (nSPS) is 17.3. The van der Waals surface area contributed by atoms with Crippen LogP contribution in [0.5, 0.6) is 5.75 Å². The number of thioether (sulfide) groups is 2. The molecule has 2 amide bonds. The van der Waals surface area contributed by atoms with E-state index in [-0.39, 0.29) is 52.5 Å². The van der Waals surface area contributed by atoms with Gasteiger partial charge >= 0.3 is 0 Å². The first-order chi connectivity index (χ1) is 24.0. The number of carboxylic acids is 1. The number of hydrogen-bond donors (Lipinski definition) is 5. The van der Waals surface area contributed by atoms with E-state index < -0.39 is 40.4 Å². The van der Waals surface area contributed by atoms with Crippen molar-refractivity contribution >= 4 is 63.3 Å². The lowest BCUT2D eigenvalue weighted by Gasteiger charge is -2.50. The van der Waals surface area contributed by atoms with Crippen molar-refractivity contribution in [3.05, 3.63) is 87.4 Å². The quantitative estimate of drug-likeness (QED) is 0.0290. The number of aliphatic hydroxyl groups excluding tert-OH is 1. The van der Waals surface area contributed by atoms with Gasteiger partial charge in [-0.05, 0) is 5.57 Å². The summed E-state index contributed by atoms with van der Waals surface area (Å²) in [7, 11) is 0. The SMILES string of the molecule is Nc1nc(/C(=C/OCc2cc(-c3cc(=O)c(O)cn3O)no2)C(=O)N[C@@H]2C(=O)N3C(C(=O)[O-])=C(CSc4cc[n+](CCO)cc4)CS[C@H]23)cs1. The number of carbonyl (C=O) groups is 3. The highest BCUT2D eigenvalue weighted by Gasteiger charge is 2.53. The molecule has 0 spiro atoms. The second kappa shape index (κ2) is 14.7. The molecule has 0 aliphatic carbocycles. The van der Waals surface area contributed by atoms with Crippen LogP contribution in [-0.2, 0) is 32.3 Å². The van der Waals surface area contributed by atoms with Crippen molar-refractivity contribution in [2.75, 3.05) is 23.8 Å². The Morgan fingerprint density at radius 2 is 2.06 bits per heavy atom. The number of hydrogen-bond acceptors (Lipinski definition) is 16. The third-order valence-corrected chi connectivity index (χ3v) is 10.6. The fourth-order valence-corrected chi connectivity index (χ4v) is 7.96. The van der Waals surface area contributed by atoms with Gasteiger partial charge in [-0.2, -0.15) is 4.73 Å². The lowest BCUT2D eigenvalue weighted by Crippen LogP contribution is -2.71. The van der Waals surface area contributed by atoms with Crippen LogP contribution < -0.4 is 26.2 Å². The number of aromatic nitrogens is 4. The van der Waals surface area contributed by atoms with Gasteiger partial charge in [0.25, 0.3) is 11.8 Å². The number of thiazole rings is 1. The first-order valence-electron chi connectivity index (χ1n) is 14.6. The van der Waals surface area contributed by atoms with Crippen molar-refractivity contribution in [2.45, 2.75) is 29.5 Å². The number of pyridine rings is 2. The van der Waals surface area contributed by atoms with Gasteiger partial charge in [-0.3, -0.25) is 19.3 Å². The van der Waals surface area contributed by atoms with Crippen LogP contribution in [0.1, 0.15) is 11.5 Å². The zero-order valence-corrected chi connectivity index (χ0v) is 28.1. The average Bonchev–Trinajstić information content (AvgIpc) is 3.75. The first-order valence-corrected chi connectivity index (χ1v) is 17.5. The Balaban J connectivity index is 1.13. The maximum Gasteiger partial charge on any atom is 0.257 e. The van der Waals surface area contributed by atoms with E-state index in [1.54, 1.807) is 12.4 Å². The van der Waals surface area contributed by atoms with E-state index in [4.69, 9.17) is 20.1 Å². The second-order valence-electron chi connectivity index (χ2n) is 10.7. The molecule has 260 valence electrons. The molecule has 20 heteroatoms. The van der Waals surface area contributed by atoms with Crippen molar-refractivity contribution in [1.82, 2.24) is 25.1 Å². The van der Waals surface area contributed by atoms with Gasteiger partial charge < -0.3 is 45.6 Å². The van der Waals surface area contributed by atoms with Crippen LogP contribution >= 0.6 is 34.9 Å². The van der Waals surface area contributed by atoms with Gasteiger partial charge in [0, 0.05) is 46.0 Å². The molecule has 0 unspecified atom stereocenters. The number of aliphatic hydroxyl groups is 1. The van der Waals surface area contributed by atoms with E-state index in [1.807, 2.05) is 16.7 Å². The highest BCUT2D eigenvalue weighted by atomic mass is 32.2. The number of fused-ring (bicyclic) bond motifs is 1. The molecule has 0 bridgehead atoms. The molecule has 0 saturated carbocycles. The fraction of sp³-hybridized carbons (Fsp3) is 0.233. The summed E-state index contributed by atoms with van der Waals surface area (Å²) >= 11 is 3.78. The molecule has 0 radical (unpaired) electrons. The number of nitrogens with zero attached hydrogens (tertiary/aromatic N) is 5. The van der Waals surface area contributed by atoms with E-state index in [0.29, 0.717) is 28.4 Å². The van der Waals surface area contributed by atoms with Crippen molar-refractivity contribution in [3.63, 3.8) is 0 Å². The van der Waals surface area contributed by atoms with Gasteiger partial charge in [-0.15, -0.1) is 34.9 Å². The summed E-state index contributed by atoms with van der Waals surface area (Å²) in [5, 5.41) is 48.3. The van der Waals surface area contributed by atoms with Gasteiger partial charge in [0.05, 0.1) is 29.8 Å². The van der Waals surface area contributed by atoms with Crippen LogP contribution in [-0.4, -0.2) is 82.5 Å². The molecule has 4 aromatic heterocycles. The lowest BCUT2D eigenvalue weighted by molar-refractivity contribution is -0.698. The molecular weight excluding hydrogens is 715 g/mol. The van der Waals surface area contributed by atoms with Gasteiger partial charge in [-0.25, -0.2) is 9.55 Å². The zero-order chi connectivity index (χ0) is 35.5. The minimum absolute atomic E-state index is 0.000908. The number of rotatable bonds is 13. The predicted molar refractivity (Wildman–Crippen MR) is 176 cm³/mol. The number of nitrogens with one attached hydrogen (secondary N) is 1. The van der Waals surface area contributed by atoms with Crippen molar-refractivity contribution in [1.29, 1.82) is 0 Å². The number of β-lactam (4-membered cyclic amide) rings is 1. The van der Waals surface area contributed by atoms with Crippen LogP contribution in [0, 0.1) is 0 Å². The predicted octanol–water partition coefficient (Wildman–Crippen LogP) is -0.481. The number of nitrogen functional groups attached to an aromatic ring is 1. The van der Waals surface area contributed by atoms with Gasteiger partial charge in [-0.1, -0.05) is 5.16 Å². The number of ether oxygens (including phenoxy) is 1. The number of aromatic hydroxyl groups is 1. The largest absolute Gasteiger partial charge is 0.543 e. The Morgan fingerprint density at radius 3 is 2.76 bits per heavy atom. The number of nitrogens with two attached hydrogens (primary N) is 1. The van der Waals surface area contributed by atoms with Gasteiger partial charge in [0.15, 0.2) is 35.6 Å². The molecule has 1 fully saturated rings. The van der Waals surface area contributed by atoms with Crippen molar-refractivity contribution in [3.8, 4) is 17.1 Å². The van der Waals surface area contributed by atoms with Crippen LogP contribution in [0.15, 0.2) is 80.0 Å². The van der Waals surface area contributed by atoms with E-state index in [1.165, 1.54) is 35.0 Å². The molecule has 0 aromatic carbocycles. The summed E-state index contributed by atoms with van der Waals surface area (Å²) in [6.07, 6.45) is 5.51. The molecule has 2 atom stereocenters. The molecule has 50 heavy (non-hydrogen) atoms. The first kappa shape index (κ1) is 34.5. The highest BCUT2D eigenvalue weighted by molar-refractivity contribution is 8.01. The highest BCUT2D eigenvalue weighted by Crippen LogP contribution is 2.41. The van der Waals surface area contributed by atoms with Crippen LogP contribution in [0.2, 0.25) is 0 Å². The van der Waals surface area contributed by atoms with Crippen LogP contribution in [0.4, 0.5) is 5.13 Å². The Morgan fingerprint density at radius 1 is 1.28 bits per heavy atom. The fourth-order valence-electron chi connectivity index (χ4n) is 5.03. The molecule has 1 saturated heterocycles. The van der Waals surface area contributed by atoms with E-state index in [2.05, 4.69) is 15.5 Å². The maximum atomic E-state index is 13.5. The monoisotopic (exact) mass is 741 g/mol. The van der Waals surface area contributed by atoms with E-state index >= 15 is 0 Å². The third-order valence-electron chi connectivity index (χ3n) is 7.46. The Labute approximate surface area is 294 Å². The van der Waals surface area contributed by atoms with Gasteiger partial charge in [0.1, 0.15) is 41.6 Å². The summed E-state index contributed by atoms with van der Waals surface area (Å²) < 4.78 is 13.1. The minimum atomic E-state index is -1.49. The molecule has 6 heterocycles. The topological polar surface area (TPSA) is 250 Å². The number of carboxylic acid groups (broad SMARTS) is 1. The summed E-state index contributed by atoms with van der Waals surface area (Å²) in [5.41, 5.74) is 5.44. The molecule has 6 N–H and O–H groups in total. The third kappa shape index (κ3) is 7.18. The van der Waals surface area contributed by atoms with Crippen molar-refractivity contribution < 1.29 is 48.7 Å². The standard InChI is InChI=1S/C30H27N7O10S3/c31-30-32-20(14-50-30)18(11-46-10-16-7-19(34-47-16)21-8-22(39)23(40)9-36(21)45)26(41)33-24-27(42)37-25(29(43)44)15(13-49-28(24)37)12-48-17-1-3-35(4-2-17)5-6-38/h1-4,7-9,11,14,24,28,38,45H,5-6,10,12-13H2,(H4-,31,32,33,40,41,43,44)/b18-11-/t24-,28-/m1/s1. The Bertz CT molecular complexity index is 2070. The van der Waals surface area contributed by atoms with Crippen LogP contribution in [0.3, 0.4) is 0 Å². The zero-order valence-electron chi connectivity index (χ0n) is 25.6. The number of carbonyl (C=O) groups excluding carboxylic acids is 3. The average molecular weight is 742 g/mol. The minimum Gasteiger partial charge on any atom is -0.543 e. The summed E-state index contributed by atoms with van der Waals surface area (Å²) in [4.78, 5) is 57.0. The van der Waals surface area contributed by atoms with E-state index in [0.717, 1.165) is 39.7 Å². The van der Waals surface area contributed by atoms with Crippen LogP contribution in [0.25, 0.3) is 17.0 Å². The smallest absolute Gasteiger partial charge is 0.257 e. The molecule has 2 aliphatic rings. The summed E-state index contributed by atoms with van der Waals surface area (Å²) in [6.45, 7) is 0.197. The van der Waals surface area contributed by atoms with Crippen molar-refractivity contribution in [2.24, 2.45) is 0 Å². The second-order valence-corrected chi connectivity index (χ2v) is 13.8. The summed E-state index contributed by atoms with van der Waals surface area (Å²) in [5.74, 6) is -2.77.